The van der Waals surface area contributed by atoms with E-state index < -0.39 is 21.4 Å². The molecule has 0 unspecified atom stereocenters. The zero-order valence-electron chi connectivity index (χ0n) is 19.2. The minimum atomic E-state index is -3.97. The highest BCUT2D eigenvalue weighted by Gasteiger charge is 2.22. The van der Waals surface area contributed by atoms with E-state index in [1.165, 1.54) is 25.2 Å². The monoisotopic (exact) mass is 545 g/mol. The van der Waals surface area contributed by atoms with Crippen molar-refractivity contribution in [2.75, 3.05) is 17.5 Å². The highest BCUT2D eigenvalue weighted by molar-refractivity contribution is 7.92. The lowest BCUT2D eigenvalue weighted by atomic mass is 10.1. The fraction of sp³-hybridized carbons (Fsp3) is 0.125. The van der Waals surface area contributed by atoms with Crippen LogP contribution < -0.4 is 21.2 Å². The predicted octanol–water partition coefficient (Wildman–Crippen LogP) is 4.13. The van der Waals surface area contributed by atoms with Crippen molar-refractivity contribution in [3.05, 3.63) is 80.4 Å². The van der Waals surface area contributed by atoms with Crippen molar-refractivity contribution in [3.63, 3.8) is 0 Å². The number of carbonyl (C=O) groups excluding carboxylic acids is 1. The average molecular weight is 546 g/mol. The lowest BCUT2D eigenvalue weighted by molar-refractivity contribution is 0.0962. The minimum absolute atomic E-state index is 0.0310. The van der Waals surface area contributed by atoms with Gasteiger partial charge in [0.05, 0.1) is 21.1 Å². The molecule has 9 nitrogen and oxygen atoms in total. The molecule has 0 saturated carbocycles. The third kappa shape index (κ3) is 4.50. The smallest absolute Gasteiger partial charge is 0.263 e. The number of fused-ring (bicyclic) bond motifs is 1. The first-order valence-corrected chi connectivity index (χ1v) is 12.9. The summed E-state index contributed by atoms with van der Waals surface area (Å²) >= 11 is 12.0. The van der Waals surface area contributed by atoms with Crippen LogP contribution in [0.1, 0.15) is 17.3 Å². The Morgan fingerprint density at radius 3 is 2.42 bits per heavy atom. The number of nitrogen functional groups attached to an aromatic ring is 1. The first kappa shape index (κ1) is 25.5. The molecule has 0 aliphatic carbocycles. The molecule has 0 radical (unpaired) electrons. The molecule has 1 amide bonds. The Morgan fingerprint density at radius 1 is 1.08 bits per heavy atom. The van der Waals surface area contributed by atoms with Crippen molar-refractivity contribution >= 4 is 61.7 Å². The Kier molecular flexibility index (Phi) is 6.94. The number of nitrogens with zero attached hydrogens (tertiary/aromatic N) is 2. The van der Waals surface area contributed by atoms with Gasteiger partial charge in [-0.25, -0.2) is 13.4 Å². The number of halogens is 2. The molecule has 186 valence electrons. The van der Waals surface area contributed by atoms with E-state index in [9.17, 15) is 18.0 Å². The number of rotatable bonds is 6. The molecule has 0 aliphatic rings. The van der Waals surface area contributed by atoms with Crippen LogP contribution in [0.5, 0.6) is 0 Å². The average Bonchev–Trinajstić information content (AvgIpc) is 2.85. The fourth-order valence-electron chi connectivity index (χ4n) is 3.77. The Balaban J connectivity index is 1.71. The number of nitrogens with two attached hydrogens (primary N) is 1. The molecular formula is C24H21Cl2N5O4S. The molecule has 0 fully saturated rings. The summed E-state index contributed by atoms with van der Waals surface area (Å²) in [6, 6.07) is 14.1. The van der Waals surface area contributed by atoms with E-state index in [1.54, 1.807) is 41.0 Å². The number of aromatic nitrogens is 2. The van der Waals surface area contributed by atoms with Crippen molar-refractivity contribution in [2.45, 2.75) is 18.4 Å². The van der Waals surface area contributed by atoms with Crippen molar-refractivity contribution in [2.24, 2.45) is 0 Å². The molecule has 0 bridgehead atoms. The van der Waals surface area contributed by atoms with Gasteiger partial charge in [-0.15, -0.1) is 0 Å². The van der Waals surface area contributed by atoms with Gasteiger partial charge in [0.15, 0.2) is 0 Å². The van der Waals surface area contributed by atoms with Gasteiger partial charge in [0.2, 0.25) is 5.43 Å². The van der Waals surface area contributed by atoms with E-state index >= 15 is 0 Å². The number of sulfonamides is 1. The van der Waals surface area contributed by atoms with Crippen molar-refractivity contribution in [1.29, 1.82) is 0 Å². The van der Waals surface area contributed by atoms with Crippen LogP contribution in [0.2, 0.25) is 10.0 Å². The Labute approximate surface area is 216 Å². The number of aryl methyl sites for hydroxylation is 1. The standard InChI is InChI=1S/C24H21Cl2N5O4S/c1-3-31-22(27)19(24(33)28-2)21(32)15-11-12-17(29-23(15)31)13-7-9-14(10-8-13)30-36(34,35)18-6-4-5-16(25)20(18)26/h4-12,30H,3,27H2,1-2H3,(H,28,33). The van der Waals surface area contributed by atoms with Gasteiger partial charge in [-0.2, -0.15) is 0 Å². The summed E-state index contributed by atoms with van der Waals surface area (Å²) in [4.78, 5) is 29.6. The normalized spacial score (nSPS) is 11.4. The predicted molar refractivity (Wildman–Crippen MR) is 142 cm³/mol. The number of pyridine rings is 2. The lowest BCUT2D eigenvalue weighted by Crippen LogP contribution is -2.30. The van der Waals surface area contributed by atoms with Crippen LogP contribution >= 0.6 is 23.2 Å². The maximum absolute atomic E-state index is 12.9. The second-order valence-corrected chi connectivity index (χ2v) is 10.2. The summed E-state index contributed by atoms with van der Waals surface area (Å²) in [7, 11) is -2.54. The Bertz CT molecular complexity index is 1670. The van der Waals surface area contributed by atoms with Crippen LogP contribution in [0.15, 0.2) is 64.3 Å². The largest absolute Gasteiger partial charge is 0.384 e. The number of anilines is 2. The number of carbonyl (C=O) groups is 1. The molecule has 0 spiro atoms. The highest BCUT2D eigenvalue weighted by atomic mass is 35.5. The van der Waals surface area contributed by atoms with Crippen LogP contribution in [0, 0.1) is 0 Å². The van der Waals surface area contributed by atoms with E-state index in [0.717, 1.165) is 0 Å². The van der Waals surface area contributed by atoms with Gasteiger partial charge in [-0.1, -0.05) is 41.4 Å². The maximum atomic E-state index is 12.9. The van der Waals surface area contributed by atoms with E-state index in [0.29, 0.717) is 29.1 Å². The summed E-state index contributed by atoms with van der Waals surface area (Å²) in [5.41, 5.74) is 7.37. The topological polar surface area (TPSA) is 136 Å². The molecule has 12 heteroatoms. The van der Waals surface area contributed by atoms with Gasteiger partial charge in [0.1, 0.15) is 21.9 Å². The molecule has 2 aromatic carbocycles. The van der Waals surface area contributed by atoms with E-state index in [-0.39, 0.29) is 31.7 Å². The quantitative estimate of drug-likeness (QED) is 0.333. The fourth-order valence-corrected chi connectivity index (χ4v) is 5.59. The summed E-state index contributed by atoms with van der Waals surface area (Å²) in [6.45, 7) is 2.21. The second kappa shape index (κ2) is 9.81. The molecule has 36 heavy (non-hydrogen) atoms. The van der Waals surface area contributed by atoms with Crippen LogP contribution in [-0.4, -0.2) is 30.9 Å². The number of benzene rings is 2. The first-order chi connectivity index (χ1) is 17.1. The third-order valence-corrected chi connectivity index (χ3v) is 7.91. The van der Waals surface area contributed by atoms with Gasteiger partial charge in [0.25, 0.3) is 15.9 Å². The number of amides is 1. The molecule has 0 aliphatic heterocycles. The molecule has 0 atom stereocenters. The van der Waals surface area contributed by atoms with Gasteiger partial charge < -0.3 is 15.6 Å². The van der Waals surface area contributed by atoms with Crippen molar-refractivity contribution in [1.82, 2.24) is 14.9 Å². The molecule has 4 aromatic rings. The van der Waals surface area contributed by atoms with Crippen molar-refractivity contribution in [3.8, 4) is 11.3 Å². The van der Waals surface area contributed by atoms with Crippen molar-refractivity contribution < 1.29 is 13.2 Å². The van der Waals surface area contributed by atoms with Crippen LogP contribution in [-0.2, 0) is 16.6 Å². The molecule has 0 saturated heterocycles. The lowest BCUT2D eigenvalue weighted by Gasteiger charge is -2.15. The zero-order valence-corrected chi connectivity index (χ0v) is 21.5. The summed E-state index contributed by atoms with van der Waals surface area (Å²) in [5.74, 6) is -0.536. The minimum Gasteiger partial charge on any atom is -0.384 e. The number of hydrogen-bond acceptors (Lipinski definition) is 6. The van der Waals surface area contributed by atoms with E-state index in [1.807, 2.05) is 6.92 Å². The van der Waals surface area contributed by atoms with E-state index in [4.69, 9.17) is 28.9 Å². The molecule has 4 N–H and O–H groups in total. The number of nitrogens with one attached hydrogen (secondary N) is 2. The summed E-state index contributed by atoms with van der Waals surface area (Å²) in [6.07, 6.45) is 0. The van der Waals surface area contributed by atoms with Gasteiger partial charge in [-0.05, 0) is 43.3 Å². The van der Waals surface area contributed by atoms with Crippen LogP contribution in [0.4, 0.5) is 11.5 Å². The maximum Gasteiger partial charge on any atom is 0.263 e. The zero-order chi connectivity index (χ0) is 26.2. The van der Waals surface area contributed by atoms with Crippen LogP contribution in [0.3, 0.4) is 0 Å². The Morgan fingerprint density at radius 2 is 1.78 bits per heavy atom. The molecule has 2 heterocycles. The molecule has 2 aromatic heterocycles. The van der Waals surface area contributed by atoms with Gasteiger partial charge in [-0.3, -0.25) is 14.3 Å². The summed E-state index contributed by atoms with van der Waals surface area (Å²) in [5, 5.41) is 2.76. The summed E-state index contributed by atoms with van der Waals surface area (Å²) < 4.78 is 29.6. The number of hydrogen-bond donors (Lipinski definition) is 3. The third-order valence-electron chi connectivity index (χ3n) is 5.56. The first-order valence-electron chi connectivity index (χ1n) is 10.7. The van der Waals surface area contributed by atoms with Crippen LogP contribution in [0.25, 0.3) is 22.3 Å². The molecule has 4 rings (SSSR count). The van der Waals surface area contributed by atoms with Gasteiger partial charge in [0, 0.05) is 24.8 Å². The molecular weight excluding hydrogens is 525 g/mol. The SMILES string of the molecule is CCn1c(N)c(C(=O)NC)c(=O)c2ccc(-c3ccc(NS(=O)(=O)c4cccc(Cl)c4Cl)cc3)nc21. The highest BCUT2D eigenvalue weighted by Crippen LogP contribution is 2.31. The van der Waals surface area contributed by atoms with Gasteiger partial charge >= 0.3 is 0 Å². The Hall–Kier alpha value is -3.60. The van der Waals surface area contributed by atoms with E-state index in [2.05, 4.69) is 15.0 Å². The second-order valence-electron chi connectivity index (χ2n) is 7.72.